The zero-order valence-corrected chi connectivity index (χ0v) is 11.6. The molecule has 0 bridgehead atoms. The Balaban J connectivity index is 2.24. The van der Waals surface area contributed by atoms with Crippen LogP contribution >= 0.6 is 11.6 Å². The maximum Gasteiger partial charge on any atom is 0.123 e. The van der Waals surface area contributed by atoms with E-state index in [1.165, 1.54) is 6.07 Å². The Morgan fingerprint density at radius 3 is 2.63 bits per heavy atom. The molecule has 2 aromatic rings. The van der Waals surface area contributed by atoms with Crippen LogP contribution in [0, 0.1) is 5.82 Å². The number of halogens is 2. The minimum atomic E-state index is -0.202. The molecule has 0 aliphatic rings. The molecule has 0 aliphatic carbocycles. The highest BCUT2D eigenvalue weighted by Crippen LogP contribution is 2.25. The van der Waals surface area contributed by atoms with Crippen molar-refractivity contribution < 1.29 is 4.39 Å². The summed E-state index contributed by atoms with van der Waals surface area (Å²) in [5.41, 5.74) is 2.01. The van der Waals surface area contributed by atoms with Gasteiger partial charge in [0.1, 0.15) is 5.82 Å². The largest absolute Gasteiger partial charge is 0.310 e. The van der Waals surface area contributed by atoms with Gasteiger partial charge in [0.25, 0.3) is 0 Å². The maximum atomic E-state index is 13.2. The summed E-state index contributed by atoms with van der Waals surface area (Å²) in [5, 5.41) is 4.14. The van der Waals surface area contributed by atoms with Gasteiger partial charge in [0.15, 0.2) is 0 Å². The van der Waals surface area contributed by atoms with E-state index in [9.17, 15) is 4.39 Å². The van der Waals surface area contributed by atoms with E-state index in [4.69, 9.17) is 11.6 Å². The third-order valence-electron chi connectivity index (χ3n) is 3.06. The summed E-state index contributed by atoms with van der Waals surface area (Å²) < 4.78 is 13.2. The second-order valence-electron chi connectivity index (χ2n) is 4.47. The van der Waals surface area contributed by atoms with Crippen molar-refractivity contribution in [2.45, 2.75) is 19.4 Å². The summed E-state index contributed by atoms with van der Waals surface area (Å²) in [6, 6.07) is 14.6. The predicted molar refractivity (Wildman–Crippen MR) is 78.0 cm³/mol. The van der Waals surface area contributed by atoms with Crippen molar-refractivity contribution in [3.63, 3.8) is 0 Å². The minimum Gasteiger partial charge on any atom is -0.310 e. The van der Waals surface area contributed by atoms with E-state index in [1.807, 2.05) is 30.3 Å². The van der Waals surface area contributed by atoms with Crippen LogP contribution in [0.3, 0.4) is 0 Å². The van der Waals surface area contributed by atoms with Gasteiger partial charge in [-0.05, 0) is 42.3 Å². The molecule has 0 heterocycles. The first-order valence-corrected chi connectivity index (χ1v) is 6.80. The molecular weight excluding hydrogens is 261 g/mol. The van der Waals surface area contributed by atoms with Gasteiger partial charge in [-0.1, -0.05) is 48.9 Å². The highest BCUT2D eigenvalue weighted by Gasteiger charge is 2.14. The molecule has 0 fully saturated rings. The number of hydrogen-bond acceptors (Lipinski definition) is 1. The van der Waals surface area contributed by atoms with Gasteiger partial charge in [0.2, 0.25) is 0 Å². The van der Waals surface area contributed by atoms with Gasteiger partial charge in [-0.25, -0.2) is 4.39 Å². The topological polar surface area (TPSA) is 12.0 Å². The number of likely N-dealkylation sites (N-methyl/N-ethyl adjacent to an activating group) is 1. The number of benzene rings is 2. The Morgan fingerprint density at radius 2 is 1.95 bits per heavy atom. The summed E-state index contributed by atoms with van der Waals surface area (Å²) >= 11 is 6.24. The predicted octanol–water partition coefficient (Wildman–Crippen LogP) is 4.37. The fourth-order valence-corrected chi connectivity index (χ4v) is 2.46. The molecule has 1 atom stereocenters. The van der Waals surface area contributed by atoms with Gasteiger partial charge in [-0.3, -0.25) is 0 Å². The summed E-state index contributed by atoms with van der Waals surface area (Å²) in [7, 11) is 0. The van der Waals surface area contributed by atoms with Gasteiger partial charge in [-0.15, -0.1) is 0 Å². The SMILES string of the molecule is CCNC(Cc1cccc(F)c1)c1ccccc1Cl. The van der Waals surface area contributed by atoms with Crippen molar-refractivity contribution in [2.75, 3.05) is 6.54 Å². The molecule has 0 radical (unpaired) electrons. The molecule has 0 spiro atoms. The third kappa shape index (κ3) is 3.79. The molecule has 1 unspecified atom stereocenters. The highest BCUT2D eigenvalue weighted by atomic mass is 35.5. The van der Waals surface area contributed by atoms with Crippen LogP contribution in [0.15, 0.2) is 48.5 Å². The van der Waals surface area contributed by atoms with Gasteiger partial charge >= 0.3 is 0 Å². The summed E-state index contributed by atoms with van der Waals surface area (Å²) in [6.07, 6.45) is 0.718. The van der Waals surface area contributed by atoms with Crippen LogP contribution in [0.2, 0.25) is 5.02 Å². The standard InChI is InChI=1S/C16H17ClFN/c1-2-19-16(14-8-3-4-9-15(14)17)11-12-6-5-7-13(18)10-12/h3-10,16,19H,2,11H2,1H3. The highest BCUT2D eigenvalue weighted by molar-refractivity contribution is 6.31. The monoisotopic (exact) mass is 277 g/mol. The first-order chi connectivity index (χ1) is 9.20. The molecule has 0 saturated carbocycles. The lowest BCUT2D eigenvalue weighted by molar-refractivity contribution is 0.547. The molecule has 0 amide bonds. The fraction of sp³-hybridized carbons (Fsp3) is 0.250. The van der Waals surface area contributed by atoms with Crippen LogP contribution in [0.25, 0.3) is 0 Å². The van der Waals surface area contributed by atoms with Crippen molar-refractivity contribution in [2.24, 2.45) is 0 Å². The normalized spacial score (nSPS) is 12.4. The van der Waals surface area contributed by atoms with E-state index < -0.39 is 0 Å². The van der Waals surface area contributed by atoms with Crippen LogP contribution in [-0.2, 0) is 6.42 Å². The molecule has 1 nitrogen and oxygen atoms in total. The van der Waals surface area contributed by atoms with Crippen molar-refractivity contribution in [3.05, 3.63) is 70.5 Å². The van der Waals surface area contributed by atoms with Crippen LogP contribution in [0.1, 0.15) is 24.1 Å². The van der Waals surface area contributed by atoms with Crippen LogP contribution < -0.4 is 5.32 Å². The second kappa shape index (κ2) is 6.69. The Hall–Kier alpha value is -1.38. The Labute approximate surface area is 118 Å². The molecule has 19 heavy (non-hydrogen) atoms. The van der Waals surface area contributed by atoms with E-state index in [1.54, 1.807) is 12.1 Å². The van der Waals surface area contributed by atoms with Crippen molar-refractivity contribution in [1.82, 2.24) is 5.32 Å². The Bertz CT molecular complexity index is 542. The minimum absolute atomic E-state index is 0.0977. The number of nitrogens with one attached hydrogen (secondary N) is 1. The zero-order chi connectivity index (χ0) is 13.7. The van der Waals surface area contributed by atoms with Crippen LogP contribution in [0.5, 0.6) is 0 Å². The fourth-order valence-electron chi connectivity index (χ4n) is 2.20. The molecule has 0 aromatic heterocycles. The molecule has 3 heteroatoms. The van der Waals surface area contributed by atoms with Crippen LogP contribution in [-0.4, -0.2) is 6.54 Å². The van der Waals surface area contributed by atoms with Crippen molar-refractivity contribution in [1.29, 1.82) is 0 Å². The molecule has 2 rings (SSSR count). The first-order valence-electron chi connectivity index (χ1n) is 6.43. The van der Waals surface area contributed by atoms with Crippen molar-refractivity contribution in [3.8, 4) is 0 Å². The van der Waals surface area contributed by atoms with E-state index >= 15 is 0 Å². The molecule has 100 valence electrons. The zero-order valence-electron chi connectivity index (χ0n) is 10.9. The molecular formula is C16H17ClFN. The third-order valence-corrected chi connectivity index (χ3v) is 3.40. The molecule has 0 aliphatic heterocycles. The summed E-state index contributed by atoms with van der Waals surface area (Å²) in [6.45, 7) is 2.89. The average Bonchev–Trinajstić information content (AvgIpc) is 2.39. The van der Waals surface area contributed by atoms with Gasteiger partial charge < -0.3 is 5.32 Å². The van der Waals surface area contributed by atoms with Gasteiger partial charge in [0.05, 0.1) is 0 Å². The van der Waals surface area contributed by atoms with E-state index in [2.05, 4.69) is 12.2 Å². The lowest BCUT2D eigenvalue weighted by atomic mass is 9.98. The average molecular weight is 278 g/mol. The maximum absolute atomic E-state index is 13.2. The second-order valence-corrected chi connectivity index (χ2v) is 4.87. The summed E-state index contributed by atoms with van der Waals surface area (Å²) in [5.74, 6) is -0.202. The summed E-state index contributed by atoms with van der Waals surface area (Å²) in [4.78, 5) is 0. The van der Waals surface area contributed by atoms with Crippen molar-refractivity contribution >= 4 is 11.6 Å². The van der Waals surface area contributed by atoms with E-state index in [0.717, 1.165) is 29.1 Å². The Morgan fingerprint density at radius 1 is 1.16 bits per heavy atom. The smallest absolute Gasteiger partial charge is 0.123 e. The molecule has 0 saturated heterocycles. The van der Waals surface area contributed by atoms with Gasteiger partial charge in [-0.2, -0.15) is 0 Å². The molecule has 1 N–H and O–H groups in total. The quantitative estimate of drug-likeness (QED) is 0.856. The van der Waals surface area contributed by atoms with Gasteiger partial charge in [0, 0.05) is 11.1 Å². The lowest BCUT2D eigenvalue weighted by Crippen LogP contribution is -2.23. The van der Waals surface area contributed by atoms with E-state index in [0.29, 0.717) is 0 Å². The Kier molecular flexibility index (Phi) is 4.94. The number of rotatable bonds is 5. The first kappa shape index (κ1) is 14.0. The lowest BCUT2D eigenvalue weighted by Gasteiger charge is -2.19. The van der Waals surface area contributed by atoms with Crippen LogP contribution in [0.4, 0.5) is 4.39 Å². The molecule has 2 aromatic carbocycles. The van der Waals surface area contributed by atoms with E-state index in [-0.39, 0.29) is 11.9 Å². The number of hydrogen-bond donors (Lipinski definition) is 1.